The van der Waals surface area contributed by atoms with E-state index < -0.39 is 5.56 Å². The summed E-state index contributed by atoms with van der Waals surface area (Å²) in [5.74, 6) is -0.340. The quantitative estimate of drug-likeness (QED) is 0.649. The largest absolute Gasteiger partial charge is 0.506 e. The van der Waals surface area contributed by atoms with Crippen molar-refractivity contribution in [2.45, 2.75) is 6.92 Å². The van der Waals surface area contributed by atoms with Gasteiger partial charge in [-0.3, -0.25) is 4.79 Å². The summed E-state index contributed by atoms with van der Waals surface area (Å²) in [5.41, 5.74) is 5.47. The smallest absolute Gasteiger partial charge is 0.268 e. The van der Waals surface area contributed by atoms with Gasteiger partial charge in [0.1, 0.15) is 34.8 Å². The Labute approximate surface area is 142 Å². The second-order valence-electron chi connectivity index (χ2n) is 4.41. The van der Waals surface area contributed by atoms with Crippen molar-refractivity contribution in [1.29, 1.82) is 10.5 Å². The predicted octanol–water partition coefficient (Wildman–Crippen LogP) is 2.91. The third-order valence-corrected chi connectivity index (χ3v) is 4.95. The number of pyridine rings is 1. The number of nitrogen functional groups attached to an aromatic ring is 1. The van der Waals surface area contributed by atoms with Gasteiger partial charge in [0, 0.05) is 15.6 Å². The number of nitrogens with one attached hydrogen (secondary N) is 1. The molecule has 2 rings (SSSR count). The van der Waals surface area contributed by atoms with E-state index in [9.17, 15) is 20.4 Å². The predicted molar refractivity (Wildman–Crippen MR) is 88.1 cm³/mol. The molecule has 0 radical (unpaired) electrons. The number of anilines is 1. The van der Waals surface area contributed by atoms with Crippen LogP contribution in [0.25, 0.3) is 11.1 Å². The molecule has 0 fully saturated rings. The summed E-state index contributed by atoms with van der Waals surface area (Å²) in [6, 6.07) is 5.14. The average molecular weight is 424 g/mol. The Balaban J connectivity index is 3.06. The van der Waals surface area contributed by atoms with Crippen LogP contribution in [0.4, 0.5) is 5.82 Å². The summed E-state index contributed by atoms with van der Waals surface area (Å²) in [7, 11) is 0. The fraction of sp³-hybridized carbons (Fsp3) is 0.0714. The number of H-pyrrole nitrogens is 1. The van der Waals surface area contributed by atoms with E-state index >= 15 is 0 Å². The highest BCUT2D eigenvalue weighted by Gasteiger charge is 2.23. The van der Waals surface area contributed by atoms with Crippen molar-refractivity contribution in [3.05, 3.63) is 42.1 Å². The van der Waals surface area contributed by atoms with E-state index in [1.165, 1.54) is 6.07 Å². The third kappa shape index (κ3) is 2.37. The Kier molecular flexibility index (Phi) is 4.27. The van der Waals surface area contributed by atoms with Crippen molar-refractivity contribution in [2.24, 2.45) is 0 Å². The Morgan fingerprint density at radius 1 is 1.27 bits per heavy atom. The van der Waals surface area contributed by atoms with E-state index in [1.54, 1.807) is 13.0 Å². The molecule has 8 heteroatoms. The van der Waals surface area contributed by atoms with Gasteiger partial charge >= 0.3 is 0 Å². The summed E-state index contributed by atoms with van der Waals surface area (Å²) in [5, 5.41) is 28.9. The number of aromatic amines is 1. The summed E-state index contributed by atoms with van der Waals surface area (Å²) >= 11 is 6.58. The lowest BCUT2D eigenvalue weighted by molar-refractivity contribution is 0.473. The SMILES string of the molecule is Cc1c(Br)cc(-c2c(C#N)c(N)[nH]c(=O)c2C#N)c(O)c1Br. The Morgan fingerprint density at radius 2 is 1.86 bits per heavy atom. The zero-order chi connectivity index (χ0) is 16.6. The van der Waals surface area contributed by atoms with Gasteiger partial charge in [0.05, 0.1) is 4.47 Å². The van der Waals surface area contributed by atoms with Crippen LogP contribution in [0.5, 0.6) is 5.75 Å². The fourth-order valence-electron chi connectivity index (χ4n) is 2.01. The molecule has 0 aliphatic rings. The van der Waals surface area contributed by atoms with Gasteiger partial charge in [-0.25, -0.2) is 0 Å². The number of nitriles is 2. The van der Waals surface area contributed by atoms with Gasteiger partial charge in [0.2, 0.25) is 0 Å². The highest BCUT2D eigenvalue weighted by atomic mass is 79.9. The molecule has 0 aliphatic carbocycles. The van der Waals surface area contributed by atoms with Crippen LogP contribution in [0, 0.1) is 29.6 Å². The van der Waals surface area contributed by atoms with Crippen molar-refractivity contribution in [3.63, 3.8) is 0 Å². The van der Waals surface area contributed by atoms with Crippen molar-refractivity contribution in [3.8, 4) is 29.0 Å². The van der Waals surface area contributed by atoms with Gasteiger partial charge in [-0.2, -0.15) is 10.5 Å². The van der Waals surface area contributed by atoms with E-state index in [0.29, 0.717) is 8.95 Å². The lowest BCUT2D eigenvalue weighted by Crippen LogP contribution is -2.16. The van der Waals surface area contributed by atoms with Gasteiger partial charge < -0.3 is 15.8 Å². The molecule has 1 aromatic heterocycles. The number of benzene rings is 1. The van der Waals surface area contributed by atoms with Gasteiger partial charge in [0.15, 0.2) is 0 Å². The molecule has 0 aliphatic heterocycles. The minimum absolute atomic E-state index is 0.00477. The van der Waals surface area contributed by atoms with Gasteiger partial charge in [-0.15, -0.1) is 0 Å². The zero-order valence-electron chi connectivity index (χ0n) is 11.2. The summed E-state index contributed by atoms with van der Waals surface area (Å²) in [4.78, 5) is 14.2. The maximum absolute atomic E-state index is 11.9. The number of hydrogen-bond acceptors (Lipinski definition) is 5. The molecule has 4 N–H and O–H groups in total. The lowest BCUT2D eigenvalue weighted by Gasteiger charge is -2.14. The first-order valence-corrected chi connectivity index (χ1v) is 7.45. The third-order valence-electron chi connectivity index (χ3n) is 3.16. The molecule has 0 atom stereocenters. The maximum Gasteiger partial charge on any atom is 0.268 e. The zero-order valence-corrected chi connectivity index (χ0v) is 14.3. The van der Waals surface area contributed by atoms with Crippen LogP contribution in [0.3, 0.4) is 0 Å². The van der Waals surface area contributed by atoms with Crippen molar-refractivity contribution < 1.29 is 5.11 Å². The Hall–Kier alpha value is -2.29. The standard InChI is InChI=1S/C14H8Br2N4O2/c1-5-9(15)2-6(12(21)11(5)16)10-7(3-17)13(19)20-14(22)8(10)4-18/h2,21H,1H3,(H3,19,20,22). The molecule has 6 nitrogen and oxygen atoms in total. The molecule has 0 saturated carbocycles. The second-order valence-corrected chi connectivity index (χ2v) is 6.06. The van der Waals surface area contributed by atoms with E-state index in [0.717, 1.165) is 5.56 Å². The minimum Gasteiger partial charge on any atom is -0.506 e. The Morgan fingerprint density at radius 3 is 2.41 bits per heavy atom. The minimum atomic E-state index is -0.721. The molecular formula is C14H8Br2N4O2. The first kappa shape index (κ1) is 16.1. The summed E-state index contributed by atoms with van der Waals surface area (Å²) < 4.78 is 1.03. The van der Waals surface area contributed by atoms with Crippen LogP contribution in [0.1, 0.15) is 16.7 Å². The number of aromatic hydroxyl groups is 1. The average Bonchev–Trinajstić information content (AvgIpc) is 2.48. The molecule has 0 spiro atoms. The van der Waals surface area contributed by atoms with E-state index in [1.807, 2.05) is 6.07 Å². The number of halogens is 2. The molecule has 22 heavy (non-hydrogen) atoms. The molecule has 0 bridgehead atoms. The molecule has 0 unspecified atom stereocenters. The van der Waals surface area contributed by atoms with Crippen LogP contribution < -0.4 is 11.3 Å². The lowest BCUT2D eigenvalue weighted by atomic mass is 9.95. The molecule has 0 saturated heterocycles. The molecule has 110 valence electrons. The van der Waals surface area contributed by atoms with Crippen molar-refractivity contribution in [2.75, 3.05) is 5.73 Å². The monoisotopic (exact) mass is 422 g/mol. The topological polar surface area (TPSA) is 127 Å². The van der Waals surface area contributed by atoms with Crippen molar-refractivity contribution in [1.82, 2.24) is 4.98 Å². The van der Waals surface area contributed by atoms with Crippen LogP contribution in [0.2, 0.25) is 0 Å². The summed E-state index contributed by atoms with van der Waals surface area (Å²) in [6.07, 6.45) is 0. The van der Waals surface area contributed by atoms with Crippen LogP contribution in [-0.2, 0) is 0 Å². The highest BCUT2D eigenvalue weighted by Crippen LogP contribution is 2.43. The van der Waals surface area contributed by atoms with E-state index in [2.05, 4.69) is 36.8 Å². The van der Waals surface area contributed by atoms with E-state index in [4.69, 9.17) is 5.73 Å². The number of nitrogens with two attached hydrogens (primary N) is 1. The number of phenolic OH excluding ortho intramolecular Hbond substituents is 1. The molecule has 1 aromatic carbocycles. The summed E-state index contributed by atoms with van der Waals surface area (Å²) in [6.45, 7) is 1.76. The van der Waals surface area contributed by atoms with Crippen LogP contribution in [-0.4, -0.2) is 10.1 Å². The number of hydrogen-bond donors (Lipinski definition) is 3. The van der Waals surface area contributed by atoms with Crippen LogP contribution in [0.15, 0.2) is 19.8 Å². The molecule has 2 aromatic rings. The Bertz CT molecular complexity index is 936. The van der Waals surface area contributed by atoms with Gasteiger partial charge in [-0.05, 0) is 34.5 Å². The van der Waals surface area contributed by atoms with Crippen LogP contribution >= 0.6 is 31.9 Å². The number of phenols is 1. The van der Waals surface area contributed by atoms with Gasteiger partial charge in [0.25, 0.3) is 5.56 Å². The first-order chi connectivity index (χ1) is 10.3. The van der Waals surface area contributed by atoms with Crippen molar-refractivity contribution >= 4 is 37.7 Å². The van der Waals surface area contributed by atoms with Gasteiger partial charge in [-0.1, -0.05) is 15.9 Å². The number of nitrogens with zero attached hydrogens (tertiary/aromatic N) is 2. The number of aromatic nitrogens is 1. The molecular weight excluding hydrogens is 416 g/mol. The first-order valence-electron chi connectivity index (χ1n) is 5.87. The maximum atomic E-state index is 11.9. The number of rotatable bonds is 1. The van der Waals surface area contributed by atoms with E-state index in [-0.39, 0.29) is 33.8 Å². The normalized spacial score (nSPS) is 10.0. The fourth-order valence-corrected chi connectivity index (χ4v) is 3.13. The second kappa shape index (κ2) is 5.84. The molecule has 0 amide bonds. The molecule has 1 heterocycles. The highest BCUT2D eigenvalue weighted by molar-refractivity contribution is 9.11.